The molecule has 0 unspecified atom stereocenters. The second-order valence-corrected chi connectivity index (χ2v) is 11.6. The third-order valence-electron chi connectivity index (χ3n) is 4.14. The van der Waals surface area contributed by atoms with Gasteiger partial charge in [0.05, 0.1) is 20.4 Å². The van der Waals surface area contributed by atoms with Crippen molar-refractivity contribution in [2.45, 2.75) is 12.8 Å². The van der Waals surface area contributed by atoms with Crippen LogP contribution in [0.15, 0.2) is 45.3 Å². The Bertz CT molecular complexity index is 1160. The third kappa shape index (κ3) is 6.26. The van der Waals surface area contributed by atoms with E-state index in [0.717, 1.165) is 29.4 Å². The lowest BCUT2D eigenvalue weighted by atomic mass is 10.3. The molecule has 160 valence electrons. The van der Waals surface area contributed by atoms with E-state index < -0.39 is 0 Å². The van der Waals surface area contributed by atoms with Gasteiger partial charge >= 0.3 is 0 Å². The molecule has 0 aliphatic carbocycles. The van der Waals surface area contributed by atoms with Crippen molar-refractivity contribution in [3.8, 4) is 0 Å². The van der Waals surface area contributed by atoms with Gasteiger partial charge in [-0.1, -0.05) is 54.5 Å². The van der Waals surface area contributed by atoms with E-state index in [4.69, 9.17) is 0 Å². The zero-order valence-electron chi connectivity index (χ0n) is 16.0. The van der Waals surface area contributed by atoms with E-state index in [0.29, 0.717) is 34.6 Å². The van der Waals surface area contributed by atoms with Crippen LogP contribution in [-0.2, 0) is 9.59 Å². The molecular formula is C20H16Br2N4O2S3. The first-order valence-electron chi connectivity index (χ1n) is 9.26. The van der Waals surface area contributed by atoms with Crippen molar-refractivity contribution in [2.75, 3.05) is 22.1 Å². The summed E-state index contributed by atoms with van der Waals surface area (Å²) in [6, 6.07) is 11.7. The van der Waals surface area contributed by atoms with E-state index in [1.807, 2.05) is 36.4 Å². The average Bonchev–Trinajstić information content (AvgIpc) is 3.29. The summed E-state index contributed by atoms with van der Waals surface area (Å²) in [6.45, 7) is 0. The fourth-order valence-electron chi connectivity index (χ4n) is 2.70. The third-order valence-corrected chi connectivity index (χ3v) is 7.98. The fourth-order valence-corrected chi connectivity index (χ4v) is 6.43. The topological polar surface area (TPSA) is 84.0 Å². The lowest BCUT2D eigenvalue weighted by Gasteiger charge is -2.03. The second-order valence-electron chi connectivity index (χ2n) is 6.47. The minimum Gasteiger partial charge on any atom is -0.302 e. The number of amides is 2. The van der Waals surface area contributed by atoms with Gasteiger partial charge in [-0.3, -0.25) is 9.59 Å². The van der Waals surface area contributed by atoms with Gasteiger partial charge in [0.25, 0.3) is 0 Å². The van der Waals surface area contributed by atoms with Crippen LogP contribution in [0.1, 0.15) is 12.8 Å². The molecule has 2 aromatic heterocycles. The molecule has 0 aliphatic heterocycles. The molecule has 0 saturated heterocycles. The Morgan fingerprint density at radius 2 is 1.26 bits per heavy atom. The van der Waals surface area contributed by atoms with Gasteiger partial charge in [-0.05, 0) is 36.4 Å². The van der Waals surface area contributed by atoms with Crippen molar-refractivity contribution in [1.29, 1.82) is 0 Å². The van der Waals surface area contributed by atoms with Crippen molar-refractivity contribution in [3.63, 3.8) is 0 Å². The lowest BCUT2D eigenvalue weighted by molar-refractivity contribution is -0.116. The number of aromatic nitrogens is 2. The number of anilines is 2. The summed E-state index contributed by atoms with van der Waals surface area (Å²) in [5, 5.41) is 6.90. The Morgan fingerprint density at radius 3 is 1.71 bits per heavy atom. The van der Waals surface area contributed by atoms with E-state index in [1.165, 1.54) is 22.7 Å². The van der Waals surface area contributed by atoms with E-state index in [-0.39, 0.29) is 11.8 Å². The van der Waals surface area contributed by atoms with Gasteiger partial charge in [-0.25, -0.2) is 9.97 Å². The second kappa shape index (κ2) is 10.4. The first kappa shape index (κ1) is 22.7. The monoisotopic (exact) mass is 598 g/mol. The molecule has 4 aromatic rings. The highest BCUT2D eigenvalue weighted by Gasteiger charge is 2.10. The van der Waals surface area contributed by atoms with Crippen molar-refractivity contribution < 1.29 is 9.59 Å². The Balaban J connectivity index is 1.16. The van der Waals surface area contributed by atoms with Gasteiger partial charge in [0.1, 0.15) is 0 Å². The Morgan fingerprint density at radius 1 is 0.806 bits per heavy atom. The number of hydrogen-bond donors (Lipinski definition) is 2. The molecule has 2 amide bonds. The summed E-state index contributed by atoms with van der Waals surface area (Å²) in [4.78, 5) is 33.1. The van der Waals surface area contributed by atoms with Gasteiger partial charge < -0.3 is 10.6 Å². The van der Waals surface area contributed by atoms with Crippen LogP contribution in [-0.4, -0.2) is 33.3 Å². The zero-order valence-corrected chi connectivity index (χ0v) is 21.6. The van der Waals surface area contributed by atoms with Crippen LogP contribution in [0.3, 0.4) is 0 Å². The van der Waals surface area contributed by atoms with Crippen molar-refractivity contribution in [3.05, 3.63) is 45.3 Å². The van der Waals surface area contributed by atoms with E-state index in [9.17, 15) is 9.59 Å². The number of nitrogens with zero attached hydrogens (tertiary/aromatic N) is 2. The highest BCUT2D eigenvalue weighted by Crippen LogP contribution is 2.29. The highest BCUT2D eigenvalue weighted by molar-refractivity contribution is 9.10. The van der Waals surface area contributed by atoms with Crippen LogP contribution in [0.25, 0.3) is 20.4 Å². The Hall–Kier alpha value is -1.53. The minimum atomic E-state index is -0.0734. The van der Waals surface area contributed by atoms with Crippen LogP contribution < -0.4 is 10.6 Å². The van der Waals surface area contributed by atoms with E-state index in [2.05, 4.69) is 52.5 Å². The molecule has 31 heavy (non-hydrogen) atoms. The first-order chi connectivity index (χ1) is 15.0. The minimum absolute atomic E-state index is 0.0734. The molecule has 6 nitrogen and oxygen atoms in total. The summed E-state index contributed by atoms with van der Waals surface area (Å²) < 4.78 is 4.01. The molecular weight excluding hydrogens is 584 g/mol. The summed E-state index contributed by atoms with van der Waals surface area (Å²) in [6.07, 6.45) is 0.747. The number of carbonyl (C=O) groups excluding carboxylic acids is 2. The number of thiazole rings is 2. The van der Waals surface area contributed by atoms with Crippen LogP contribution in [0.4, 0.5) is 10.3 Å². The molecule has 0 bridgehead atoms. The molecule has 2 aromatic carbocycles. The largest absolute Gasteiger partial charge is 0.302 e. The number of carbonyl (C=O) groups is 2. The number of fused-ring (bicyclic) bond motifs is 2. The van der Waals surface area contributed by atoms with Gasteiger partial charge in [0.2, 0.25) is 11.8 Å². The summed E-state index contributed by atoms with van der Waals surface area (Å²) in [7, 11) is 0. The Kier molecular flexibility index (Phi) is 7.59. The van der Waals surface area contributed by atoms with Gasteiger partial charge in [-0.15, -0.1) is 0 Å². The van der Waals surface area contributed by atoms with Crippen molar-refractivity contribution in [1.82, 2.24) is 9.97 Å². The predicted octanol–water partition coefficient (Wildman–Crippen LogP) is 6.52. The Labute approximate surface area is 207 Å². The van der Waals surface area contributed by atoms with Crippen molar-refractivity contribution in [2.24, 2.45) is 0 Å². The van der Waals surface area contributed by atoms with E-state index in [1.54, 1.807) is 11.8 Å². The number of benzene rings is 2. The van der Waals surface area contributed by atoms with Gasteiger partial charge in [0.15, 0.2) is 10.3 Å². The predicted molar refractivity (Wildman–Crippen MR) is 138 cm³/mol. The van der Waals surface area contributed by atoms with Gasteiger partial charge in [0, 0.05) is 33.3 Å². The highest BCUT2D eigenvalue weighted by atomic mass is 79.9. The van der Waals surface area contributed by atoms with Crippen LogP contribution in [0.5, 0.6) is 0 Å². The zero-order chi connectivity index (χ0) is 21.8. The molecule has 2 N–H and O–H groups in total. The standard InChI is InChI=1S/C20H16Br2N4O2S3/c21-11-1-3-13-15(9-11)30-19(23-13)25-17(27)5-7-29-8-6-18(28)26-20-24-14-4-2-12(22)10-16(14)31-20/h1-4,9-10H,5-8H2,(H,23,25,27)(H,24,26,28). The normalized spacial score (nSPS) is 11.2. The number of hydrogen-bond acceptors (Lipinski definition) is 7. The molecule has 0 fully saturated rings. The molecule has 0 saturated carbocycles. The maximum atomic E-state index is 12.1. The number of halogens is 2. The van der Waals surface area contributed by atoms with Crippen LogP contribution >= 0.6 is 66.3 Å². The lowest BCUT2D eigenvalue weighted by Crippen LogP contribution is -2.13. The maximum absolute atomic E-state index is 12.1. The smallest absolute Gasteiger partial charge is 0.226 e. The average molecular weight is 600 g/mol. The molecule has 0 spiro atoms. The number of rotatable bonds is 8. The first-order valence-corrected chi connectivity index (χ1v) is 13.6. The molecule has 11 heteroatoms. The summed E-state index contributed by atoms with van der Waals surface area (Å²) in [5.74, 6) is 1.14. The van der Waals surface area contributed by atoms with E-state index >= 15 is 0 Å². The van der Waals surface area contributed by atoms with Crippen LogP contribution in [0.2, 0.25) is 0 Å². The SMILES string of the molecule is O=C(CCSCCC(=O)Nc1nc2ccc(Br)cc2s1)Nc1nc2ccc(Br)cc2s1. The quantitative estimate of drug-likeness (QED) is 0.225. The number of nitrogens with one attached hydrogen (secondary N) is 2. The molecule has 4 rings (SSSR count). The number of thioether (sulfide) groups is 1. The summed E-state index contributed by atoms with van der Waals surface area (Å²) >= 11 is 11.3. The summed E-state index contributed by atoms with van der Waals surface area (Å²) in [5.41, 5.74) is 1.73. The fraction of sp³-hybridized carbons (Fsp3) is 0.200. The van der Waals surface area contributed by atoms with Crippen LogP contribution in [0, 0.1) is 0 Å². The molecule has 2 heterocycles. The van der Waals surface area contributed by atoms with Crippen molar-refractivity contribution >= 4 is 109 Å². The molecule has 0 atom stereocenters. The molecule has 0 radical (unpaired) electrons. The van der Waals surface area contributed by atoms with Gasteiger partial charge in [-0.2, -0.15) is 11.8 Å². The molecule has 0 aliphatic rings. The maximum Gasteiger partial charge on any atom is 0.226 e.